The van der Waals surface area contributed by atoms with Crippen LogP contribution < -0.4 is 9.64 Å². The molecule has 1 aromatic carbocycles. The van der Waals surface area contributed by atoms with Crippen LogP contribution in [0.3, 0.4) is 0 Å². The molecule has 2 rings (SSSR count). The lowest BCUT2D eigenvalue weighted by atomic mass is 10.2. The lowest BCUT2D eigenvalue weighted by molar-refractivity contribution is 0.0988. The highest BCUT2D eigenvalue weighted by Gasteiger charge is 2.15. The highest BCUT2D eigenvalue weighted by Crippen LogP contribution is 2.19. The standard InChI is InChI=1S/C13H15N3O2/c1-9-14-8-12(15-9)13(17)16(2)10-4-6-11(18-3)7-5-10/h4-8H,1-3H3,(H,14,15). The number of anilines is 1. The molecule has 0 atom stereocenters. The Morgan fingerprint density at radius 3 is 2.50 bits per heavy atom. The molecule has 1 N–H and O–H groups in total. The van der Waals surface area contributed by atoms with Gasteiger partial charge in [-0.2, -0.15) is 0 Å². The van der Waals surface area contributed by atoms with Crippen molar-refractivity contribution in [3.05, 3.63) is 42.0 Å². The second-order valence-corrected chi connectivity index (χ2v) is 3.94. The molecule has 5 heteroatoms. The first kappa shape index (κ1) is 12.2. The summed E-state index contributed by atoms with van der Waals surface area (Å²) in [6, 6.07) is 7.30. The van der Waals surface area contributed by atoms with Crippen LogP contribution in [-0.4, -0.2) is 30.0 Å². The minimum Gasteiger partial charge on any atom is -0.497 e. The van der Waals surface area contributed by atoms with Gasteiger partial charge in [-0.1, -0.05) is 0 Å². The molecule has 1 heterocycles. The van der Waals surface area contributed by atoms with E-state index < -0.39 is 0 Å². The van der Waals surface area contributed by atoms with Gasteiger partial charge in [-0.15, -0.1) is 0 Å². The summed E-state index contributed by atoms with van der Waals surface area (Å²) < 4.78 is 5.08. The quantitative estimate of drug-likeness (QED) is 0.899. The maximum atomic E-state index is 12.1. The van der Waals surface area contributed by atoms with Gasteiger partial charge >= 0.3 is 0 Å². The molecular weight excluding hydrogens is 230 g/mol. The number of aromatic amines is 1. The number of rotatable bonds is 3. The zero-order chi connectivity index (χ0) is 13.1. The number of H-pyrrole nitrogens is 1. The molecule has 2 aromatic rings. The molecule has 0 aliphatic carbocycles. The fourth-order valence-electron chi connectivity index (χ4n) is 1.63. The molecule has 0 spiro atoms. The predicted octanol–water partition coefficient (Wildman–Crippen LogP) is 2.00. The highest BCUT2D eigenvalue weighted by atomic mass is 16.5. The SMILES string of the molecule is COc1ccc(N(C)C(=O)c2cnc(C)[nH]2)cc1. The number of methoxy groups -OCH3 is 1. The van der Waals surface area contributed by atoms with E-state index in [9.17, 15) is 4.79 Å². The van der Waals surface area contributed by atoms with Crippen LogP contribution in [0.25, 0.3) is 0 Å². The van der Waals surface area contributed by atoms with Crippen LogP contribution in [0.5, 0.6) is 5.75 Å². The smallest absolute Gasteiger partial charge is 0.276 e. The summed E-state index contributed by atoms with van der Waals surface area (Å²) in [7, 11) is 3.33. The molecule has 0 bridgehead atoms. The van der Waals surface area contributed by atoms with Gasteiger partial charge in [-0.05, 0) is 31.2 Å². The summed E-state index contributed by atoms with van der Waals surface area (Å²) in [5, 5.41) is 0. The number of hydrogen-bond donors (Lipinski definition) is 1. The fraction of sp³-hybridized carbons (Fsp3) is 0.231. The lowest BCUT2D eigenvalue weighted by Crippen LogP contribution is -2.26. The van der Waals surface area contributed by atoms with E-state index in [0.29, 0.717) is 5.69 Å². The first-order valence-electron chi connectivity index (χ1n) is 5.55. The average Bonchev–Trinajstić information content (AvgIpc) is 2.84. The number of benzene rings is 1. The topological polar surface area (TPSA) is 58.2 Å². The fourth-order valence-corrected chi connectivity index (χ4v) is 1.63. The number of ether oxygens (including phenoxy) is 1. The number of nitrogens with one attached hydrogen (secondary N) is 1. The molecule has 0 aliphatic heterocycles. The highest BCUT2D eigenvalue weighted by molar-refractivity contribution is 6.04. The lowest BCUT2D eigenvalue weighted by Gasteiger charge is -2.16. The molecule has 94 valence electrons. The average molecular weight is 245 g/mol. The van der Waals surface area contributed by atoms with Gasteiger partial charge in [-0.25, -0.2) is 4.98 Å². The number of aromatic nitrogens is 2. The van der Waals surface area contributed by atoms with E-state index >= 15 is 0 Å². The van der Waals surface area contributed by atoms with Crippen LogP contribution >= 0.6 is 0 Å². The second kappa shape index (κ2) is 4.91. The molecule has 1 amide bonds. The number of nitrogens with zero attached hydrogens (tertiary/aromatic N) is 2. The second-order valence-electron chi connectivity index (χ2n) is 3.94. The van der Waals surface area contributed by atoms with Gasteiger partial charge in [0, 0.05) is 12.7 Å². The third kappa shape index (κ3) is 2.34. The Kier molecular flexibility index (Phi) is 3.32. The summed E-state index contributed by atoms with van der Waals surface area (Å²) in [4.78, 5) is 20.6. The van der Waals surface area contributed by atoms with Gasteiger partial charge in [0.25, 0.3) is 5.91 Å². The van der Waals surface area contributed by atoms with Crippen molar-refractivity contribution in [2.24, 2.45) is 0 Å². The van der Waals surface area contributed by atoms with Crippen LogP contribution in [0.4, 0.5) is 5.69 Å². The van der Waals surface area contributed by atoms with E-state index in [4.69, 9.17) is 4.74 Å². The van der Waals surface area contributed by atoms with E-state index in [1.165, 1.54) is 6.20 Å². The first-order valence-corrected chi connectivity index (χ1v) is 5.55. The van der Waals surface area contributed by atoms with Crippen LogP contribution in [-0.2, 0) is 0 Å². The van der Waals surface area contributed by atoms with Gasteiger partial charge in [0.2, 0.25) is 0 Å². The Labute approximate surface area is 105 Å². The Balaban J connectivity index is 2.19. The summed E-state index contributed by atoms with van der Waals surface area (Å²) in [6.45, 7) is 1.81. The molecule has 1 aromatic heterocycles. The van der Waals surface area contributed by atoms with Crippen molar-refractivity contribution in [2.45, 2.75) is 6.92 Å². The third-order valence-corrected chi connectivity index (χ3v) is 2.70. The number of hydrogen-bond acceptors (Lipinski definition) is 3. The predicted molar refractivity (Wildman–Crippen MR) is 69.1 cm³/mol. The number of amides is 1. The zero-order valence-electron chi connectivity index (χ0n) is 10.6. The van der Waals surface area contributed by atoms with E-state index in [1.807, 2.05) is 31.2 Å². The molecule has 0 aliphatic rings. The normalized spacial score (nSPS) is 10.2. The van der Waals surface area contributed by atoms with Gasteiger partial charge in [0.15, 0.2) is 0 Å². The Hall–Kier alpha value is -2.30. The molecule has 0 fully saturated rings. The molecule has 0 saturated carbocycles. The molecular formula is C13H15N3O2. The van der Waals surface area contributed by atoms with Crippen molar-refractivity contribution < 1.29 is 9.53 Å². The van der Waals surface area contributed by atoms with Gasteiger partial charge < -0.3 is 14.6 Å². The van der Waals surface area contributed by atoms with E-state index in [1.54, 1.807) is 19.1 Å². The van der Waals surface area contributed by atoms with Crippen molar-refractivity contribution in [1.82, 2.24) is 9.97 Å². The van der Waals surface area contributed by atoms with Crippen molar-refractivity contribution in [2.75, 3.05) is 19.1 Å². The summed E-state index contributed by atoms with van der Waals surface area (Å²) in [5.74, 6) is 1.36. The Bertz CT molecular complexity index is 546. The summed E-state index contributed by atoms with van der Waals surface area (Å²) >= 11 is 0. The maximum Gasteiger partial charge on any atom is 0.276 e. The minimum absolute atomic E-state index is 0.124. The van der Waals surface area contributed by atoms with E-state index in [2.05, 4.69) is 9.97 Å². The van der Waals surface area contributed by atoms with Crippen LogP contribution in [0.15, 0.2) is 30.5 Å². The first-order chi connectivity index (χ1) is 8.61. The Morgan fingerprint density at radius 1 is 1.33 bits per heavy atom. The molecule has 5 nitrogen and oxygen atoms in total. The van der Waals surface area contributed by atoms with Crippen molar-refractivity contribution in [3.63, 3.8) is 0 Å². The largest absolute Gasteiger partial charge is 0.497 e. The molecule has 18 heavy (non-hydrogen) atoms. The van der Waals surface area contributed by atoms with Crippen LogP contribution in [0, 0.1) is 6.92 Å². The van der Waals surface area contributed by atoms with Gasteiger partial charge in [-0.3, -0.25) is 4.79 Å². The van der Waals surface area contributed by atoms with E-state index in [0.717, 1.165) is 17.3 Å². The van der Waals surface area contributed by atoms with Gasteiger partial charge in [0.1, 0.15) is 17.3 Å². The molecule has 0 unspecified atom stereocenters. The summed E-state index contributed by atoms with van der Waals surface area (Å²) in [5.41, 5.74) is 1.28. The maximum absolute atomic E-state index is 12.1. The zero-order valence-corrected chi connectivity index (χ0v) is 10.6. The number of carbonyl (C=O) groups excluding carboxylic acids is 1. The van der Waals surface area contributed by atoms with Crippen LogP contribution in [0.1, 0.15) is 16.3 Å². The third-order valence-electron chi connectivity index (χ3n) is 2.70. The van der Waals surface area contributed by atoms with Crippen molar-refractivity contribution in [1.29, 1.82) is 0 Å². The summed E-state index contributed by atoms with van der Waals surface area (Å²) in [6.07, 6.45) is 1.54. The van der Waals surface area contributed by atoms with Gasteiger partial charge in [0.05, 0.1) is 13.3 Å². The monoisotopic (exact) mass is 245 g/mol. The van der Waals surface area contributed by atoms with E-state index in [-0.39, 0.29) is 5.91 Å². The number of aryl methyl sites for hydroxylation is 1. The molecule has 0 radical (unpaired) electrons. The number of imidazole rings is 1. The van der Waals surface area contributed by atoms with Crippen molar-refractivity contribution >= 4 is 11.6 Å². The van der Waals surface area contributed by atoms with Crippen molar-refractivity contribution in [3.8, 4) is 5.75 Å². The minimum atomic E-state index is -0.124. The Morgan fingerprint density at radius 2 is 2.00 bits per heavy atom. The molecule has 0 saturated heterocycles. The van der Waals surface area contributed by atoms with Crippen LogP contribution in [0.2, 0.25) is 0 Å². The number of carbonyl (C=O) groups is 1.